The zero-order chi connectivity index (χ0) is 18.9. The molecule has 2 N–H and O–H groups in total. The predicted octanol–water partition coefficient (Wildman–Crippen LogP) is 4.04. The number of aryl methyl sites for hydroxylation is 1. The van der Waals surface area contributed by atoms with Crippen LogP contribution >= 0.6 is 0 Å². The molecule has 27 heavy (non-hydrogen) atoms. The van der Waals surface area contributed by atoms with Gasteiger partial charge in [0.25, 0.3) is 5.91 Å². The van der Waals surface area contributed by atoms with Crippen molar-refractivity contribution in [3.63, 3.8) is 0 Å². The van der Waals surface area contributed by atoms with E-state index in [0.29, 0.717) is 18.1 Å². The number of hydrogen-bond donors (Lipinski definition) is 2. The number of rotatable bonds is 5. The molecule has 5 heteroatoms. The summed E-state index contributed by atoms with van der Waals surface area (Å²) in [5, 5.41) is 6.09. The first-order chi connectivity index (χ1) is 13.2. The van der Waals surface area contributed by atoms with Crippen LogP contribution in [0.5, 0.6) is 0 Å². The zero-order valence-electron chi connectivity index (χ0n) is 15.2. The van der Waals surface area contributed by atoms with Gasteiger partial charge in [-0.2, -0.15) is 0 Å². The number of carbonyl (C=O) groups is 1. The van der Waals surface area contributed by atoms with Crippen molar-refractivity contribution in [1.82, 2.24) is 10.3 Å². The lowest BCUT2D eigenvalue weighted by Crippen LogP contribution is -2.36. The third kappa shape index (κ3) is 5.51. The molecule has 0 saturated heterocycles. The number of hydrogen-bond acceptors (Lipinski definition) is 3. The Morgan fingerprint density at radius 2 is 1.81 bits per heavy atom. The van der Waals surface area contributed by atoms with Gasteiger partial charge in [-0.05, 0) is 47.9 Å². The summed E-state index contributed by atoms with van der Waals surface area (Å²) in [5.74, 6) is 0.195. The van der Waals surface area contributed by atoms with Crippen LogP contribution in [0, 0.1) is 0 Å². The maximum Gasteiger partial charge on any atom is 0.257 e. The number of nitrogens with one attached hydrogen (secondary N) is 2. The van der Waals surface area contributed by atoms with Gasteiger partial charge in [-0.25, -0.2) is 4.99 Å². The third-order valence-electron chi connectivity index (χ3n) is 4.01. The van der Waals surface area contributed by atoms with Gasteiger partial charge in [0.15, 0.2) is 0 Å². The summed E-state index contributed by atoms with van der Waals surface area (Å²) in [5.41, 5.74) is 3.64. The second-order valence-electron chi connectivity index (χ2n) is 6.03. The van der Waals surface area contributed by atoms with Crippen molar-refractivity contribution in [2.45, 2.75) is 19.9 Å². The average molecular weight is 358 g/mol. The molecule has 0 aliphatic heterocycles. The van der Waals surface area contributed by atoms with Crippen molar-refractivity contribution in [1.29, 1.82) is 0 Å². The topological polar surface area (TPSA) is 66.4 Å². The van der Waals surface area contributed by atoms with E-state index in [1.807, 2.05) is 48.5 Å². The van der Waals surface area contributed by atoms with Gasteiger partial charge in [0.05, 0.1) is 6.54 Å². The fourth-order valence-electron chi connectivity index (χ4n) is 2.55. The second-order valence-corrected chi connectivity index (χ2v) is 6.03. The van der Waals surface area contributed by atoms with Crippen molar-refractivity contribution < 1.29 is 4.79 Å². The molecule has 0 bridgehead atoms. The fourth-order valence-corrected chi connectivity index (χ4v) is 2.55. The largest absolute Gasteiger partial charge is 0.326 e. The number of aromatic nitrogens is 1. The highest BCUT2D eigenvalue weighted by Crippen LogP contribution is 2.11. The van der Waals surface area contributed by atoms with Gasteiger partial charge in [-0.3, -0.25) is 15.1 Å². The standard InChI is InChI=1S/C22H22N4O/c1-2-17-8-6-12-20(14-17)25-22(24-16-18-9-7-13-23-15-18)26-21(27)19-10-4-3-5-11-19/h3-15H,2,16H2,1H3,(H2,24,25,26,27). The summed E-state index contributed by atoms with van der Waals surface area (Å²) in [7, 11) is 0. The minimum Gasteiger partial charge on any atom is -0.326 e. The molecule has 3 rings (SSSR count). The third-order valence-corrected chi connectivity index (χ3v) is 4.01. The summed E-state index contributed by atoms with van der Waals surface area (Å²) in [4.78, 5) is 21.2. The van der Waals surface area contributed by atoms with Crippen molar-refractivity contribution >= 4 is 17.6 Å². The van der Waals surface area contributed by atoms with Crippen LogP contribution in [0.1, 0.15) is 28.4 Å². The molecule has 0 fully saturated rings. The number of nitrogens with zero attached hydrogens (tertiary/aromatic N) is 2. The number of amides is 1. The van der Waals surface area contributed by atoms with E-state index >= 15 is 0 Å². The molecule has 0 spiro atoms. The van der Waals surface area contributed by atoms with Gasteiger partial charge in [0.2, 0.25) is 5.96 Å². The molecule has 1 amide bonds. The summed E-state index contributed by atoms with van der Waals surface area (Å²) in [6.45, 7) is 2.52. The molecule has 0 saturated carbocycles. The summed E-state index contributed by atoms with van der Waals surface area (Å²) < 4.78 is 0. The van der Waals surface area contributed by atoms with Crippen LogP contribution in [0.3, 0.4) is 0 Å². The molecule has 0 aliphatic rings. The van der Waals surface area contributed by atoms with Gasteiger partial charge in [-0.1, -0.05) is 43.3 Å². The molecule has 0 unspecified atom stereocenters. The lowest BCUT2D eigenvalue weighted by molar-refractivity contribution is 0.0977. The number of carbonyl (C=O) groups excluding carboxylic acids is 1. The summed E-state index contributed by atoms with van der Waals surface area (Å²) in [6, 6.07) is 21.0. The molecule has 3 aromatic rings. The molecule has 2 aromatic carbocycles. The highest BCUT2D eigenvalue weighted by molar-refractivity contribution is 6.09. The zero-order valence-corrected chi connectivity index (χ0v) is 15.2. The molecule has 1 aromatic heterocycles. The lowest BCUT2D eigenvalue weighted by Gasteiger charge is -2.13. The highest BCUT2D eigenvalue weighted by atomic mass is 16.1. The Hall–Kier alpha value is -3.47. The first-order valence-electron chi connectivity index (χ1n) is 8.90. The number of guanidine groups is 1. The maximum atomic E-state index is 12.5. The van der Waals surface area contributed by atoms with E-state index < -0.39 is 0 Å². The van der Waals surface area contributed by atoms with E-state index in [1.54, 1.807) is 24.5 Å². The second kappa shape index (κ2) is 9.29. The average Bonchev–Trinajstić information content (AvgIpc) is 2.73. The Morgan fingerprint density at radius 3 is 2.56 bits per heavy atom. The van der Waals surface area contributed by atoms with Gasteiger partial charge in [0, 0.05) is 23.6 Å². The normalized spacial score (nSPS) is 11.1. The first kappa shape index (κ1) is 18.3. The van der Waals surface area contributed by atoms with E-state index in [9.17, 15) is 4.79 Å². The van der Waals surface area contributed by atoms with Crippen LogP contribution in [0.25, 0.3) is 0 Å². The van der Waals surface area contributed by atoms with E-state index in [0.717, 1.165) is 17.7 Å². The van der Waals surface area contributed by atoms with Crippen LogP contribution in [0.15, 0.2) is 84.1 Å². The van der Waals surface area contributed by atoms with Crippen LogP contribution in [-0.4, -0.2) is 16.9 Å². The van der Waals surface area contributed by atoms with E-state index in [1.165, 1.54) is 5.56 Å². The molecule has 1 heterocycles. The molecule has 0 aliphatic carbocycles. The minimum absolute atomic E-state index is 0.209. The maximum absolute atomic E-state index is 12.5. The molecule has 5 nitrogen and oxygen atoms in total. The van der Waals surface area contributed by atoms with Gasteiger partial charge in [0.1, 0.15) is 0 Å². The van der Waals surface area contributed by atoms with Crippen LogP contribution in [0.4, 0.5) is 5.69 Å². The fraction of sp³-hybridized carbons (Fsp3) is 0.136. The quantitative estimate of drug-likeness (QED) is 0.534. The minimum atomic E-state index is -0.209. The highest BCUT2D eigenvalue weighted by Gasteiger charge is 2.09. The van der Waals surface area contributed by atoms with Crippen molar-refractivity contribution in [3.05, 3.63) is 95.8 Å². The number of pyridine rings is 1. The van der Waals surface area contributed by atoms with Crippen molar-refractivity contribution in [2.75, 3.05) is 5.32 Å². The van der Waals surface area contributed by atoms with E-state index in [2.05, 4.69) is 33.6 Å². The van der Waals surface area contributed by atoms with E-state index in [4.69, 9.17) is 0 Å². The number of anilines is 1. The monoisotopic (exact) mass is 358 g/mol. The predicted molar refractivity (Wildman–Crippen MR) is 109 cm³/mol. The Balaban J connectivity index is 1.80. The molecular weight excluding hydrogens is 336 g/mol. The van der Waals surface area contributed by atoms with Gasteiger partial charge < -0.3 is 5.32 Å². The van der Waals surface area contributed by atoms with Crippen molar-refractivity contribution in [2.24, 2.45) is 4.99 Å². The summed E-state index contributed by atoms with van der Waals surface area (Å²) in [6.07, 6.45) is 4.42. The molecule has 0 radical (unpaired) electrons. The first-order valence-corrected chi connectivity index (χ1v) is 8.90. The molecule has 136 valence electrons. The van der Waals surface area contributed by atoms with Crippen LogP contribution < -0.4 is 10.6 Å². The number of benzene rings is 2. The van der Waals surface area contributed by atoms with Gasteiger partial charge >= 0.3 is 0 Å². The molecule has 0 atom stereocenters. The van der Waals surface area contributed by atoms with Gasteiger partial charge in [-0.15, -0.1) is 0 Å². The SMILES string of the molecule is CCc1cccc(NC(=NCc2cccnc2)NC(=O)c2ccccc2)c1. The Morgan fingerprint density at radius 1 is 1.00 bits per heavy atom. The Labute approximate surface area is 159 Å². The van der Waals surface area contributed by atoms with Crippen molar-refractivity contribution in [3.8, 4) is 0 Å². The van der Waals surface area contributed by atoms with Crippen LogP contribution in [-0.2, 0) is 13.0 Å². The Bertz CT molecular complexity index is 908. The lowest BCUT2D eigenvalue weighted by atomic mass is 10.1. The Kier molecular flexibility index (Phi) is 6.30. The summed E-state index contributed by atoms with van der Waals surface area (Å²) >= 11 is 0. The van der Waals surface area contributed by atoms with Crippen LogP contribution in [0.2, 0.25) is 0 Å². The smallest absolute Gasteiger partial charge is 0.257 e. The number of aliphatic imine (C=N–C) groups is 1. The molecular formula is C22H22N4O. The van der Waals surface area contributed by atoms with E-state index in [-0.39, 0.29) is 5.91 Å².